The van der Waals surface area contributed by atoms with E-state index >= 15 is 0 Å². The maximum absolute atomic E-state index is 13.0. The SMILES string of the molecule is CCOP(=O)(OCC)C(Nc1nn(C)c2c(=O)n(C3CSC(CO)O3)nnc12)C(=O)O. The number of aromatic nitrogens is 5. The van der Waals surface area contributed by atoms with Gasteiger partial charge in [0.2, 0.25) is 5.78 Å². The topological polar surface area (TPSA) is 180 Å². The van der Waals surface area contributed by atoms with Gasteiger partial charge in [-0.15, -0.1) is 16.9 Å². The Balaban J connectivity index is 2.00. The van der Waals surface area contributed by atoms with Gasteiger partial charge in [0.05, 0.1) is 19.8 Å². The standard InChI is InChI=1S/C15H23N6O8PS/c1-4-27-30(26,28-5-2)13(15(24)25)16-12-10-11(20(3)18-12)14(23)21(19-17-10)8-7-31-9(6-22)29-8/h8-9,13,22H,4-7H2,1-3H3,(H,16,18)(H,24,25). The van der Waals surface area contributed by atoms with Crippen molar-refractivity contribution in [1.29, 1.82) is 0 Å². The number of nitrogens with one attached hydrogen (secondary N) is 1. The zero-order valence-corrected chi connectivity index (χ0v) is 18.7. The number of ether oxygens (including phenoxy) is 1. The summed E-state index contributed by atoms with van der Waals surface area (Å²) in [5.74, 6) is -3.00. The van der Waals surface area contributed by atoms with Crippen LogP contribution in [-0.4, -0.2) is 77.7 Å². The van der Waals surface area contributed by atoms with E-state index in [9.17, 15) is 24.4 Å². The van der Waals surface area contributed by atoms with E-state index in [-0.39, 0.29) is 36.7 Å². The van der Waals surface area contributed by atoms with Gasteiger partial charge in [0.15, 0.2) is 23.1 Å². The lowest BCUT2D eigenvalue weighted by atomic mass is 10.4. The zero-order chi connectivity index (χ0) is 22.8. The number of rotatable bonds is 10. The molecular weight excluding hydrogens is 455 g/mol. The Morgan fingerprint density at radius 1 is 1.42 bits per heavy atom. The number of thioether (sulfide) groups is 1. The van der Waals surface area contributed by atoms with Gasteiger partial charge in [-0.2, -0.15) is 9.78 Å². The minimum absolute atomic E-state index is 0.0149. The monoisotopic (exact) mass is 478 g/mol. The van der Waals surface area contributed by atoms with Gasteiger partial charge in [-0.05, 0) is 13.8 Å². The van der Waals surface area contributed by atoms with E-state index in [0.29, 0.717) is 5.75 Å². The third-order valence-corrected chi connectivity index (χ3v) is 7.60. The molecule has 2 aromatic heterocycles. The number of anilines is 1. The van der Waals surface area contributed by atoms with Crippen molar-refractivity contribution in [3.8, 4) is 0 Å². The van der Waals surface area contributed by atoms with Gasteiger partial charge in [-0.1, -0.05) is 5.21 Å². The summed E-state index contributed by atoms with van der Waals surface area (Å²) >= 11 is 1.33. The van der Waals surface area contributed by atoms with Crippen LogP contribution in [0.5, 0.6) is 0 Å². The Labute approximate surface area is 180 Å². The van der Waals surface area contributed by atoms with Crippen LogP contribution < -0.4 is 10.9 Å². The van der Waals surface area contributed by atoms with Crippen molar-refractivity contribution in [2.75, 3.05) is 30.9 Å². The van der Waals surface area contributed by atoms with Crippen LogP contribution >= 0.6 is 19.4 Å². The lowest BCUT2D eigenvalue weighted by molar-refractivity contribution is -0.136. The number of aryl methyl sites for hydroxylation is 1. The summed E-state index contributed by atoms with van der Waals surface area (Å²) in [6.07, 6.45) is -0.722. The van der Waals surface area contributed by atoms with E-state index in [0.717, 1.165) is 4.68 Å². The highest BCUT2D eigenvalue weighted by atomic mass is 32.2. The van der Waals surface area contributed by atoms with Crippen LogP contribution in [-0.2, 0) is 30.2 Å². The Bertz CT molecular complexity index is 1050. The average Bonchev–Trinajstić information content (AvgIpc) is 3.31. The van der Waals surface area contributed by atoms with E-state index in [4.69, 9.17) is 13.8 Å². The summed E-state index contributed by atoms with van der Waals surface area (Å²) < 4.78 is 31.0. The van der Waals surface area contributed by atoms with Crippen molar-refractivity contribution >= 4 is 42.2 Å². The number of hydrogen-bond acceptors (Lipinski definition) is 12. The molecule has 14 nitrogen and oxygen atoms in total. The highest BCUT2D eigenvalue weighted by molar-refractivity contribution is 8.00. The molecule has 0 saturated carbocycles. The van der Waals surface area contributed by atoms with Gasteiger partial charge in [0.1, 0.15) is 5.44 Å². The molecule has 1 saturated heterocycles. The van der Waals surface area contributed by atoms with E-state index in [1.54, 1.807) is 13.8 Å². The first-order valence-corrected chi connectivity index (χ1v) is 12.0. The van der Waals surface area contributed by atoms with Crippen molar-refractivity contribution < 1.29 is 33.4 Å². The van der Waals surface area contributed by atoms with Gasteiger partial charge in [0, 0.05) is 12.8 Å². The molecule has 3 rings (SSSR count). The summed E-state index contributed by atoms with van der Waals surface area (Å²) in [5.41, 5.74) is -1.02. The van der Waals surface area contributed by atoms with Gasteiger partial charge in [-0.25, -0.2) is 4.79 Å². The molecule has 0 spiro atoms. The van der Waals surface area contributed by atoms with Gasteiger partial charge < -0.3 is 29.3 Å². The number of aliphatic carboxylic acids is 1. The molecular formula is C15H23N6O8PS. The largest absolute Gasteiger partial charge is 0.479 e. The third kappa shape index (κ3) is 4.61. The highest BCUT2D eigenvalue weighted by Crippen LogP contribution is 2.53. The number of nitrogens with zero attached hydrogens (tertiary/aromatic N) is 5. The smallest absolute Gasteiger partial charge is 0.364 e. The molecule has 31 heavy (non-hydrogen) atoms. The average molecular weight is 478 g/mol. The molecule has 0 aromatic carbocycles. The van der Waals surface area contributed by atoms with Crippen molar-refractivity contribution in [2.24, 2.45) is 7.05 Å². The zero-order valence-electron chi connectivity index (χ0n) is 17.0. The molecule has 2 aromatic rings. The van der Waals surface area contributed by atoms with Crippen LogP contribution in [0, 0.1) is 0 Å². The molecule has 1 aliphatic rings. The molecule has 1 fully saturated rings. The number of hydrogen-bond donors (Lipinski definition) is 3. The van der Waals surface area contributed by atoms with Gasteiger partial charge in [0.25, 0.3) is 5.56 Å². The molecule has 3 N–H and O–H groups in total. The van der Waals surface area contributed by atoms with E-state index in [2.05, 4.69) is 20.7 Å². The number of carboxylic acid groups (broad SMARTS) is 1. The fraction of sp³-hybridized carbons (Fsp3) is 0.667. The maximum atomic E-state index is 13.0. The van der Waals surface area contributed by atoms with Crippen LogP contribution in [0.25, 0.3) is 11.0 Å². The Hall–Kier alpha value is -2.03. The molecule has 0 radical (unpaired) electrons. The minimum atomic E-state index is -4.11. The molecule has 172 valence electrons. The summed E-state index contributed by atoms with van der Waals surface area (Å²) in [7, 11) is -2.63. The quantitative estimate of drug-likeness (QED) is 0.394. The Morgan fingerprint density at radius 2 is 2.10 bits per heavy atom. The molecule has 1 aliphatic heterocycles. The van der Waals surface area contributed by atoms with Crippen molar-refractivity contribution in [1.82, 2.24) is 24.8 Å². The van der Waals surface area contributed by atoms with Crippen LogP contribution in [0.3, 0.4) is 0 Å². The second kappa shape index (κ2) is 9.63. The van der Waals surface area contributed by atoms with Crippen LogP contribution in [0.15, 0.2) is 4.79 Å². The van der Waals surface area contributed by atoms with Crippen LogP contribution in [0.4, 0.5) is 5.82 Å². The Kier molecular flexibility index (Phi) is 7.34. The predicted molar refractivity (Wildman–Crippen MR) is 110 cm³/mol. The lowest BCUT2D eigenvalue weighted by Gasteiger charge is -2.23. The predicted octanol–water partition coefficient (Wildman–Crippen LogP) is 0.194. The lowest BCUT2D eigenvalue weighted by Crippen LogP contribution is -2.32. The fourth-order valence-corrected chi connectivity index (χ4v) is 5.55. The summed E-state index contributed by atoms with van der Waals surface area (Å²) in [6, 6.07) is 0. The summed E-state index contributed by atoms with van der Waals surface area (Å²) in [5, 5.41) is 33.3. The number of aliphatic hydroxyl groups excluding tert-OH is 1. The third-order valence-electron chi connectivity index (χ3n) is 4.27. The van der Waals surface area contributed by atoms with E-state index in [1.165, 1.54) is 23.5 Å². The molecule has 3 unspecified atom stereocenters. The van der Waals surface area contributed by atoms with Gasteiger partial charge >= 0.3 is 13.6 Å². The molecule has 0 bridgehead atoms. The second-order valence-electron chi connectivity index (χ2n) is 6.31. The van der Waals surface area contributed by atoms with E-state index < -0.39 is 36.6 Å². The molecule has 0 aliphatic carbocycles. The second-order valence-corrected chi connectivity index (χ2v) is 9.61. The first-order valence-electron chi connectivity index (χ1n) is 9.34. The van der Waals surface area contributed by atoms with Crippen molar-refractivity contribution in [3.05, 3.63) is 10.4 Å². The maximum Gasteiger partial charge on any atom is 0.364 e. The minimum Gasteiger partial charge on any atom is -0.479 e. The van der Waals surface area contributed by atoms with Gasteiger partial charge in [-0.3, -0.25) is 14.0 Å². The summed E-state index contributed by atoms with van der Waals surface area (Å²) in [4.78, 5) is 24.8. The number of aliphatic hydroxyl groups is 1. The fourth-order valence-electron chi connectivity index (χ4n) is 2.99. The molecule has 3 heterocycles. The number of fused-ring (bicyclic) bond motifs is 1. The van der Waals surface area contributed by atoms with Crippen molar-refractivity contribution in [2.45, 2.75) is 31.3 Å². The normalized spacial score (nSPS) is 20.3. The summed E-state index contributed by atoms with van der Waals surface area (Å²) in [6.45, 7) is 2.83. The van der Waals surface area contributed by atoms with E-state index in [1.807, 2.05) is 0 Å². The number of carbonyl (C=O) groups is 1. The van der Waals surface area contributed by atoms with Crippen LogP contribution in [0.1, 0.15) is 20.1 Å². The highest BCUT2D eigenvalue weighted by Gasteiger charge is 2.42. The Morgan fingerprint density at radius 3 is 2.65 bits per heavy atom. The molecule has 16 heteroatoms. The van der Waals surface area contributed by atoms with Crippen molar-refractivity contribution in [3.63, 3.8) is 0 Å². The number of carboxylic acids is 1. The molecule has 0 amide bonds. The van der Waals surface area contributed by atoms with Crippen LogP contribution in [0.2, 0.25) is 0 Å². The first kappa shape index (κ1) is 23.6. The molecule has 3 atom stereocenters. The first-order chi connectivity index (χ1) is 14.8.